The van der Waals surface area contributed by atoms with Gasteiger partial charge in [0.05, 0.1) is 10.9 Å². The molecular formula is C19H23N3O3. The van der Waals surface area contributed by atoms with Crippen LogP contribution in [0.5, 0.6) is 0 Å². The van der Waals surface area contributed by atoms with Gasteiger partial charge < -0.3 is 5.32 Å². The van der Waals surface area contributed by atoms with Crippen LogP contribution in [0.25, 0.3) is 10.9 Å². The summed E-state index contributed by atoms with van der Waals surface area (Å²) in [4.78, 5) is 39.0. The molecule has 1 aliphatic carbocycles. The Kier molecular flexibility index (Phi) is 4.19. The predicted molar refractivity (Wildman–Crippen MR) is 95.6 cm³/mol. The van der Waals surface area contributed by atoms with Gasteiger partial charge in [0.2, 0.25) is 5.91 Å². The van der Waals surface area contributed by atoms with Gasteiger partial charge in [-0.3, -0.25) is 19.1 Å². The molecule has 1 aromatic carbocycles. The predicted octanol–water partition coefficient (Wildman–Crippen LogP) is 1.56. The van der Waals surface area contributed by atoms with Crippen molar-refractivity contribution >= 4 is 16.8 Å². The van der Waals surface area contributed by atoms with Crippen LogP contribution in [0.1, 0.15) is 37.7 Å². The third-order valence-electron chi connectivity index (χ3n) is 5.59. The zero-order valence-corrected chi connectivity index (χ0v) is 14.2. The lowest BCUT2D eigenvalue weighted by Gasteiger charge is -2.27. The zero-order valence-electron chi connectivity index (χ0n) is 14.2. The van der Waals surface area contributed by atoms with Gasteiger partial charge in [0, 0.05) is 19.0 Å². The first-order valence-corrected chi connectivity index (χ1v) is 9.16. The summed E-state index contributed by atoms with van der Waals surface area (Å²) >= 11 is 0. The molecule has 2 aliphatic rings. The van der Waals surface area contributed by atoms with E-state index in [4.69, 9.17) is 0 Å². The van der Waals surface area contributed by atoms with E-state index < -0.39 is 0 Å². The van der Waals surface area contributed by atoms with Crippen LogP contribution in [0.4, 0.5) is 0 Å². The molecular weight excluding hydrogens is 318 g/mol. The third kappa shape index (κ3) is 3.01. The van der Waals surface area contributed by atoms with E-state index >= 15 is 0 Å². The third-order valence-corrected chi connectivity index (χ3v) is 5.59. The Morgan fingerprint density at radius 2 is 2.00 bits per heavy atom. The molecule has 0 radical (unpaired) electrons. The van der Waals surface area contributed by atoms with Crippen molar-refractivity contribution in [3.05, 3.63) is 44.6 Å². The van der Waals surface area contributed by atoms with E-state index in [0.717, 1.165) is 43.2 Å². The van der Waals surface area contributed by atoms with Gasteiger partial charge in [0.1, 0.15) is 0 Å². The van der Waals surface area contributed by atoms with E-state index in [0.29, 0.717) is 18.5 Å². The maximum Gasteiger partial charge on any atom is 0.328 e. The van der Waals surface area contributed by atoms with Crippen molar-refractivity contribution in [2.45, 2.75) is 45.1 Å². The first-order chi connectivity index (χ1) is 12.1. The highest BCUT2D eigenvalue weighted by Crippen LogP contribution is 2.25. The number of hydrogen-bond acceptors (Lipinski definition) is 3. The number of amides is 1. The second kappa shape index (κ2) is 6.50. The van der Waals surface area contributed by atoms with E-state index in [1.54, 1.807) is 10.6 Å². The highest BCUT2D eigenvalue weighted by Gasteiger charge is 2.25. The number of nitrogens with one attached hydrogen (secondary N) is 2. The highest BCUT2D eigenvalue weighted by molar-refractivity contribution is 5.82. The van der Waals surface area contributed by atoms with Crippen LogP contribution in [-0.2, 0) is 17.8 Å². The Hall–Kier alpha value is -2.37. The van der Waals surface area contributed by atoms with E-state index in [9.17, 15) is 14.4 Å². The van der Waals surface area contributed by atoms with Gasteiger partial charge in [-0.05, 0) is 36.8 Å². The van der Waals surface area contributed by atoms with E-state index in [-0.39, 0.29) is 29.0 Å². The van der Waals surface area contributed by atoms with Crippen LogP contribution in [0.2, 0.25) is 0 Å². The fourth-order valence-corrected chi connectivity index (χ4v) is 4.29. The van der Waals surface area contributed by atoms with Crippen molar-refractivity contribution in [2.24, 2.45) is 11.8 Å². The fraction of sp³-hybridized carbons (Fsp3) is 0.526. The number of rotatable bonds is 3. The summed E-state index contributed by atoms with van der Waals surface area (Å²) in [5.41, 5.74) is 1.05. The lowest BCUT2D eigenvalue weighted by molar-refractivity contribution is -0.126. The van der Waals surface area contributed by atoms with Crippen molar-refractivity contribution in [3.8, 4) is 0 Å². The first-order valence-electron chi connectivity index (χ1n) is 9.16. The standard InChI is InChI=1S/C19H23N3O3/c23-17(13-5-2-1-3-6-13)20-10-12-9-14-7-4-8-15-16(14)22(11-12)19(25)21-18(15)24/h4,7-8,12-13H,1-3,5-6,9-11H2,(H,20,23)(H,21,24,25). The maximum absolute atomic E-state index is 12.4. The minimum absolute atomic E-state index is 0.145. The largest absolute Gasteiger partial charge is 0.356 e. The second-order valence-corrected chi connectivity index (χ2v) is 7.33. The summed E-state index contributed by atoms with van der Waals surface area (Å²) in [6, 6.07) is 5.57. The molecule has 1 saturated carbocycles. The smallest absolute Gasteiger partial charge is 0.328 e. The number of hydrogen-bond donors (Lipinski definition) is 2. The Balaban J connectivity index is 1.52. The number of benzene rings is 1. The molecule has 0 bridgehead atoms. The quantitative estimate of drug-likeness (QED) is 0.888. The van der Waals surface area contributed by atoms with Gasteiger partial charge in [0.15, 0.2) is 0 Å². The van der Waals surface area contributed by atoms with E-state index in [1.165, 1.54) is 6.42 Å². The van der Waals surface area contributed by atoms with E-state index in [2.05, 4.69) is 10.3 Å². The van der Waals surface area contributed by atoms with Crippen molar-refractivity contribution in [2.75, 3.05) is 6.54 Å². The summed E-state index contributed by atoms with van der Waals surface area (Å²) in [7, 11) is 0. The number of carbonyl (C=O) groups excluding carboxylic acids is 1. The Labute approximate surface area is 145 Å². The average molecular weight is 341 g/mol. The summed E-state index contributed by atoms with van der Waals surface area (Å²) in [6.07, 6.45) is 6.25. The molecule has 1 unspecified atom stereocenters. The number of para-hydroxylation sites is 1. The van der Waals surface area contributed by atoms with E-state index in [1.807, 2.05) is 12.1 Å². The molecule has 1 aromatic heterocycles. The molecule has 6 nitrogen and oxygen atoms in total. The van der Waals surface area contributed by atoms with Crippen molar-refractivity contribution < 1.29 is 4.79 Å². The van der Waals surface area contributed by atoms with Crippen LogP contribution in [0, 0.1) is 11.8 Å². The summed E-state index contributed by atoms with van der Waals surface area (Å²) in [6.45, 7) is 1.09. The molecule has 1 atom stereocenters. The molecule has 1 amide bonds. The maximum atomic E-state index is 12.4. The van der Waals surface area contributed by atoms with Crippen LogP contribution in [0.15, 0.2) is 27.8 Å². The molecule has 0 spiro atoms. The monoisotopic (exact) mass is 341 g/mol. The molecule has 25 heavy (non-hydrogen) atoms. The molecule has 2 aromatic rings. The Morgan fingerprint density at radius 1 is 1.20 bits per heavy atom. The zero-order chi connectivity index (χ0) is 17.4. The van der Waals surface area contributed by atoms with Crippen LogP contribution < -0.4 is 16.6 Å². The molecule has 1 fully saturated rings. The average Bonchev–Trinajstić information content (AvgIpc) is 2.64. The lowest BCUT2D eigenvalue weighted by Crippen LogP contribution is -2.41. The Morgan fingerprint density at radius 3 is 2.80 bits per heavy atom. The van der Waals surface area contributed by atoms with Gasteiger partial charge in [-0.15, -0.1) is 0 Å². The van der Waals surface area contributed by atoms with Gasteiger partial charge in [-0.2, -0.15) is 0 Å². The first kappa shape index (κ1) is 16.1. The normalized spacial score (nSPS) is 20.6. The van der Waals surface area contributed by atoms with Gasteiger partial charge in [-0.1, -0.05) is 31.4 Å². The molecule has 1 aliphatic heterocycles. The fourth-order valence-electron chi connectivity index (χ4n) is 4.29. The molecule has 2 heterocycles. The number of nitrogens with zero attached hydrogens (tertiary/aromatic N) is 1. The van der Waals surface area contributed by atoms with Gasteiger partial charge in [-0.25, -0.2) is 4.79 Å². The minimum atomic E-state index is -0.367. The van der Waals surface area contributed by atoms with Crippen LogP contribution in [0.3, 0.4) is 0 Å². The summed E-state index contributed by atoms with van der Waals surface area (Å²) in [5.74, 6) is 0.457. The van der Waals surface area contributed by atoms with Crippen molar-refractivity contribution in [1.82, 2.24) is 14.9 Å². The lowest BCUT2D eigenvalue weighted by atomic mass is 9.88. The molecule has 2 N–H and O–H groups in total. The van der Waals surface area contributed by atoms with Crippen LogP contribution >= 0.6 is 0 Å². The minimum Gasteiger partial charge on any atom is -0.356 e. The van der Waals surface area contributed by atoms with Crippen molar-refractivity contribution in [1.29, 1.82) is 0 Å². The molecule has 0 saturated heterocycles. The van der Waals surface area contributed by atoms with Gasteiger partial charge >= 0.3 is 5.69 Å². The molecule has 6 heteroatoms. The summed E-state index contributed by atoms with van der Waals surface area (Å²) < 4.78 is 1.65. The summed E-state index contributed by atoms with van der Waals surface area (Å²) in [5, 5.41) is 3.65. The topological polar surface area (TPSA) is 84.0 Å². The number of carbonyl (C=O) groups is 1. The SMILES string of the molecule is O=C(NCC1Cc2cccc3c(=O)[nH]c(=O)n(c23)C1)C1CCCCC1. The van der Waals surface area contributed by atoms with Gasteiger partial charge in [0.25, 0.3) is 5.56 Å². The highest BCUT2D eigenvalue weighted by atomic mass is 16.2. The molecule has 132 valence electrons. The number of aromatic nitrogens is 2. The number of aromatic amines is 1. The second-order valence-electron chi connectivity index (χ2n) is 7.33. The molecule has 4 rings (SSSR count). The number of H-pyrrole nitrogens is 1. The van der Waals surface area contributed by atoms with Crippen molar-refractivity contribution in [3.63, 3.8) is 0 Å². The van der Waals surface area contributed by atoms with Crippen LogP contribution in [-0.4, -0.2) is 22.0 Å². The Bertz CT molecular complexity index is 922.